The number of imidazole rings is 1. The van der Waals surface area contributed by atoms with Gasteiger partial charge in [0.15, 0.2) is 0 Å². The summed E-state index contributed by atoms with van der Waals surface area (Å²) in [5.41, 5.74) is -0.435. The third kappa shape index (κ3) is 3.96. The molecule has 1 atom stereocenters. The normalized spacial score (nSPS) is 19.4. The van der Waals surface area contributed by atoms with Crippen LogP contribution < -0.4 is 5.32 Å². The molecule has 1 aromatic heterocycles. The summed E-state index contributed by atoms with van der Waals surface area (Å²) in [5.74, 6) is 1.00. The first-order chi connectivity index (χ1) is 9.35. The number of nitrogens with one attached hydrogen (secondary N) is 1. The van der Waals surface area contributed by atoms with E-state index in [-0.39, 0.29) is 6.09 Å². The first kappa shape index (κ1) is 14.8. The predicted octanol–water partition coefficient (Wildman–Crippen LogP) is 1.52. The molecule has 1 aromatic rings. The number of carbonyl (C=O) groups excluding carboxylic acids is 1. The van der Waals surface area contributed by atoms with Crippen LogP contribution in [0.5, 0.6) is 0 Å². The quantitative estimate of drug-likeness (QED) is 0.912. The van der Waals surface area contributed by atoms with Gasteiger partial charge in [-0.15, -0.1) is 0 Å². The number of hydrogen-bond acceptors (Lipinski definition) is 4. The lowest BCUT2D eigenvalue weighted by atomic mass is 10.2. The van der Waals surface area contributed by atoms with Crippen molar-refractivity contribution in [3.63, 3.8) is 0 Å². The number of carbonyl (C=O) groups is 1. The number of aromatic nitrogens is 2. The van der Waals surface area contributed by atoms with E-state index >= 15 is 0 Å². The zero-order chi connectivity index (χ0) is 14.8. The summed E-state index contributed by atoms with van der Waals surface area (Å²) in [5, 5.41) is 3.44. The van der Waals surface area contributed by atoms with Crippen molar-refractivity contribution in [1.82, 2.24) is 19.8 Å². The molecule has 112 valence electrons. The van der Waals surface area contributed by atoms with Crippen LogP contribution >= 0.6 is 0 Å². The number of amides is 1. The van der Waals surface area contributed by atoms with Crippen LogP contribution in [0.3, 0.4) is 0 Å². The fourth-order valence-electron chi connectivity index (χ4n) is 2.22. The van der Waals surface area contributed by atoms with Crippen molar-refractivity contribution in [2.24, 2.45) is 7.05 Å². The maximum atomic E-state index is 12.0. The summed E-state index contributed by atoms with van der Waals surface area (Å²) in [6.07, 6.45) is 4.44. The topological polar surface area (TPSA) is 59.4 Å². The molecule has 6 heteroatoms. The van der Waals surface area contributed by atoms with Gasteiger partial charge in [0, 0.05) is 38.6 Å². The molecule has 2 heterocycles. The number of hydrogen-bond donors (Lipinski definition) is 1. The Balaban J connectivity index is 1.78. The fraction of sp³-hybridized carbons (Fsp3) is 0.714. The van der Waals surface area contributed by atoms with Crippen LogP contribution in [0.2, 0.25) is 0 Å². The molecular weight excluding hydrogens is 256 g/mol. The van der Waals surface area contributed by atoms with Crippen molar-refractivity contribution in [2.45, 2.75) is 45.4 Å². The molecule has 0 saturated carbocycles. The lowest BCUT2D eigenvalue weighted by molar-refractivity contribution is 0.0291. The second-order valence-electron chi connectivity index (χ2n) is 6.25. The van der Waals surface area contributed by atoms with Crippen LogP contribution in [0, 0.1) is 0 Å². The molecule has 0 spiro atoms. The molecule has 1 unspecified atom stereocenters. The highest BCUT2D eigenvalue weighted by atomic mass is 16.6. The minimum Gasteiger partial charge on any atom is -0.444 e. The highest BCUT2D eigenvalue weighted by Crippen LogP contribution is 2.15. The van der Waals surface area contributed by atoms with Crippen LogP contribution in [-0.4, -0.2) is 45.3 Å². The van der Waals surface area contributed by atoms with Gasteiger partial charge in [-0.05, 0) is 27.2 Å². The zero-order valence-electron chi connectivity index (χ0n) is 12.7. The first-order valence-electron chi connectivity index (χ1n) is 7.02. The van der Waals surface area contributed by atoms with E-state index in [9.17, 15) is 4.79 Å². The smallest absolute Gasteiger partial charge is 0.410 e. The maximum Gasteiger partial charge on any atom is 0.410 e. The van der Waals surface area contributed by atoms with Gasteiger partial charge < -0.3 is 19.5 Å². The third-order valence-electron chi connectivity index (χ3n) is 3.31. The Bertz CT molecular complexity index is 464. The van der Waals surface area contributed by atoms with E-state index in [1.54, 1.807) is 11.1 Å². The Morgan fingerprint density at radius 2 is 2.30 bits per heavy atom. The molecule has 2 rings (SSSR count). The minimum absolute atomic E-state index is 0.223. The molecule has 1 amide bonds. The molecule has 1 aliphatic rings. The van der Waals surface area contributed by atoms with E-state index in [1.807, 2.05) is 38.6 Å². The molecule has 1 aliphatic heterocycles. The third-order valence-corrected chi connectivity index (χ3v) is 3.31. The molecule has 0 radical (unpaired) electrons. The van der Waals surface area contributed by atoms with Gasteiger partial charge in [0.2, 0.25) is 0 Å². The van der Waals surface area contributed by atoms with Gasteiger partial charge in [-0.1, -0.05) is 0 Å². The molecule has 1 N–H and O–H groups in total. The fourth-order valence-corrected chi connectivity index (χ4v) is 2.22. The zero-order valence-corrected chi connectivity index (χ0v) is 12.7. The Labute approximate surface area is 120 Å². The van der Waals surface area contributed by atoms with E-state index in [0.29, 0.717) is 12.6 Å². The Morgan fingerprint density at radius 1 is 1.55 bits per heavy atom. The number of rotatable bonds is 3. The van der Waals surface area contributed by atoms with Gasteiger partial charge in [0.05, 0.1) is 6.54 Å². The summed E-state index contributed by atoms with van der Waals surface area (Å²) >= 11 is 0. The summed E-state index contributed by atoms with van der Waals surface area (Å²) in [4.78, 5) is 18.0. The Hall–Kier alpha value is -1.56. The molecule has 6 nitrogen and oxygen atoms in total. The molecule has 0 aromatic carbocycles. The number of aryl methyl sites for hydroxylation is 1. The van der Waals surface area contributed by atoms with E-state index in [4.69, 9.17) is 4.74 Å². The molecule has 0 bridgehead atoms. The van der Waals surface area contributed by atoms with Crippen LogP contribution in [0.1, 0.15) is 33.0 Å². The highest BCUT2D eigenvalue weighted by Gasteiger charge is 2.29. The minimum atomic E-state index is -0.435. The average Bonchev–Trinajstić information content (AvgIpc) is 2.93. The molecule has 20 heavy (non-hydrogen) atoms. The second kappa shape index (κ2) is 5.83. The van der Waals surface area contributed by atoms with Gasteiger partial charge in [-0.2, -0.15) is 0 Å². The van der Waals surface area contributed by atoms with Crippen molar-refractivity contribution in [1.29, 1.82) is 0 Å². The van der Waals surface area contributed by atoms with Crippen LogP contribution in [0.15, 0.2) is 12.4 Å². The van der Waals surface area contributed by atoms with E-state index < -0.39 is 5.60 Å². The molecule has 1 saturated heterocycles. The van der Waals surface area contributed by atoms with Gasteiger partial charge >= 0.3 is 6.09 Å². The average molecular weight is 280 g/mol. The highest BCUT2D eigenvalue weighted by molar-refractivity contribution is 5.68. The van der Waals surface area contributed by atoms with Gasteiger partial charge in [-0.25, -0.2) is 9.78 Å². The number of ether oxygens (including phenoxy) is 1. The number of likely N-dealkylation sites (tertiary alicyclic amines) is 1. The summed E-state index contributed by atoms with van der Waals surface area (Å²) < 4.78 is 7.38. The van der Waals surface area contributed by atoms with Crippen molar-refractivity contribution >= 4 is 6.09 Å². The van der Waals surface area contributed by atoms with Crippen LogP contribution in [-0.2, 0) is 18.3 Å². The van der Waals surface area contributed by atoms with Gasteiger partial charge in [-0.3, -0.25) is 0 Å². The predicted molar refractivity (Wildman–Crippen MR) is 76.3 cm³/mol. The van der Waals surface area contributed by atoms with Crippen molar-refractivity contribution < 1.29 is 9.53 Å². The van der Waals surface area contributed by atoms with Crippen molar-refractivity contribution in [3.8, 4) is 0 Å². The summed E-state index contributed by atoms with van der Waals surface area (Å²) in [6.45, 7) is 7.82. The Kier molecular flexibility index (Phi) is 4.32. The SMILES string of the molecule is Cn1ccnc1CNC1CCN(C(=O)OC(C)(C)C)C1. The lowest BCUT2D eigenvalue weighted by Crippen LogP contribution is -2.38. The second-order valence-corrected chi connectivity index (χ2v) is 6.25. The Morgan fingerprint density at radius 3 is 2.90 bits per heavy atom. The van der Waals surface area contributed by atoms with Crippen molar-refractivity contribution in [3.05, 3.63) is 18.2 Å². The number of nitrogens with zero attached hydrogens (tertiary/aromatic N) is 3. The van der Waals surface area contributed by atoms with Crippen LogP contribution in [0.4, 0.5) is 4.79 Å². The first-order valence-corrected chi connectivity index (χ1v) is 7.02. The van der Waals surface area contributed by atoms with E-state index in [2.05, 4.69) is 10.3 Å². The summed E-state index contributed by atoms with van der Waals surface area (Å²) in [7, 11) is 1.98. The van der Waals surface area contributed by atoms with Crippen molar-refractivity contribution in [2.75, 3.05) is 13.1 Å². The van der Waals surface area contributed by atoms with E-state index in [0.717, 1.165) is 25.3 Å². The van der Waals surface area contributed by atoms with Crippen LogP contribution in [0.25, 0.3) is 0 Å². The standard InChI is InChI=1S/C14H24N4O2/c1-14(2,3)20-13(19)18-7-5-11(10-18)16-9-12-15-6-8-17(12)4/h6,8,11,16H,5,7,9-10H2,1-4H3. The van der Waals surface area contributed by atoms with Gasteiger partial charge in [0.1, 0.15) is 11.4 Å². The molecular formula is C14H24N4O2. The summed E-state index contributed by atoms with van der Waals surface area (Å²) in [6, 6.07) is 0.305. The molecule has 1 fully saturated rings. The monoisotopic (exact) mass is 280 g/mol. The largest absolute Gasteiger partial charge is 0.444 e. The molecule has 0 aliphatic carbocycles. The van der Waals surface area contributed by atoms with Gasteiger partial charge in [0.25, 0.3) is 0 Å². The van der Waals surface area contributed by atoms with E-state index in [1.165, 1.54) is 0 Å². The lowest BCUT2D eigenvalue weighted by Gasteiger charge is -2.24. The maximum absolute atomic E-state index is 12.0.